The van der Waals surface area contributed by atoms with E-state index >= 15 is 0 Å². The van der Waals surface area contributed by atoms with Crippen LogP contribution in [0.1, 0.15) is 19.3 Å². The lowest BCUT2D eigenvalue weighted by molar-refractivity contribution is -0.128. The molecule has 1 saturated carbocycles. The van der Waals surface area contributed by atoms with Gasteiger partial charge in [0, 0.05) is 11.5 Å². The zero-order valence-corrected chi connectivity index (χ0v) is 8.34. The summed E-state index contributed by atoms with van der Waals surface area (Å²) in [6, 6.07) is 0. The van der Waals surface area contributed by atoms with Crippen molar-refractivity contribution in [3.8, 4) is 0 Å². The number of amides is 1. The van der Waals surface area contributed by atoms with Crippen LogP contribution in [-0.2, 0) is 4.79 Å². The van der Waals surface area contributed by atoms with Gasteiger partial charge >= 0.3 is 0 Å². The fourth-order valence-corrected chi connectivity index (χ4v) is 1.91. The highest BCUT2D eigenvalue weighted by molar-refractivity contribution is 5.85. The van der Waals surface area contributed by atoms with Crippen molar-refractivity contribution in [2.24, 2.45) is 11.7 Å². The molecule has 0 radical (unpaired) electrons. The molecule has 1 aliphatic carbocycles. The van der Waals surface area contributed by atoms with Crippen molar-refractivity contribution in [3.63, 3.8) is 0 Å². The van der Waals surface area contributed by atoms with E-state index < -0.39 is 0 Å². The van der Waals surface area contributed by atoms with Gasteiger partial charge in [0.15, 0.2) is 0 Å². The van der Waals surface area contributed by atoms with Crippen molar-refractivity contribution in [3.05, 3.63) is 0 Å². The summed E-state index contributed by atoms with van der Waals surface area (Å²) in [6.45, 7) is 1.12. The summed E-state index contributed by atoms with van der Waals surface area (Å²) >= 11 is 0. The van der Waals surface area contributed by atoms with Gasteiger partial charge in [0.1, 0.15) is 0 Å². The second-order valence-corrected chi connectivity index (χ2v) is 3.46. The standard InChI is InChI=1S/C7H12N2O.2ClH/c8-6(10)5-3-7(4-5)1-2-9-7;;/h5,9H,1-4H2,(H2,8,10);2*1H. The van der Waals surface area contributed by atoms with Gasteiger partial charge in [-0.3, -0.25) is 4.79 Å². The Hall–Kier alpha value is 0.01000. The van der Waals surface area contributed by atoms with E-state index in [0.717, 1.165) is 19.4 Å². The number of carbonyl (C=O) groups is 1. The first-order valence-corrected chi connectivity index (χ1v) is 3.76. The average Bonchev–Trinajstić information content (AvgIpc) is 1.54. The van der Waals surface area contributed by atoms with Gasteiger partial charge < -0.3 is 11.1 Å². The quantitative estimate of drug-likeness (QED) is 0.664. The number of carbonyl (C=O) groups excluding carboxylic acids is 1. The van der Waals surface area contributed by atoms with Gasteiger partial charge in [-0.15, -0.1) is 24.8 Å². The Morgan fingerprint density at radius 2 is 1.92 bits per heavy atom. The van der Waals surface area contributed by atoms with Gasteiger partial charge in [-0.05, 0) is 25.8 Å². The van der Waals surface area contributed by atoms with Crippen molar-refractivity contribution in [1.29, 1.82) is 0 Å². The van der Waals surface area contributed by atoms with Crippen molar-refractivity contribution in [2.75, 3.05) is 6.54 Å². The first-order chi connectivity index (χ1) is 4.72. The van der Waals surface area contributed by atoms with Crippen LogP contribution in [0.25, 0.3) is 0 Å². The van der Waals surface area contributed by atoms with E-state index in [1.165, 1.54) is 6.42 Å². The predicted octanol–water partition coefficient (Wildman–Crippen LogP) is 0.457. The molecule has 3 N–H and O–H groups in total. The number of hydrogen-bond acceptors (Lipinski definition) is 2. The first kappa shape index (κ1) is 12.0. The van der Waals surface area contributed by atoms with Crippen LogP contribution in [0.2, 0.25) is 0 Å². The topological polar surface area (TPSA) is 55.1 Å². The minimum Gasteiger partial charge on any atom is -0.369 e. The molecule has 0 bridgehead atoms. The van der Waals surface area contributed by atoms with E-state index in [9.17, 15) is 4.79 Å². The highest BCUT2D eigenvalue weighted by Gasteiger charge is 2.49. The average molecular weight is 213 g/mol. The minimum atomic E-state index is -0.126. The summed E-state index contributed by atoms with van der Waals surface area (Å²) in [6.07, 6.45) is 3.18. The van der Waals surface area contributed by atoms with E-state index in [-0.39, 0.29) is 36.6 Å². The number of nitrogens with two attached hydrogens (primary N) is 1. The largest absolute Gasteiger partial charge is 0.369 e. The number of halogens is 2. The molecular weight excluding hydrogens is 199 g/mol. The van der Waals surface area contributed by atoms with Gasteiger partial charge in [-0.1, -0.05) is 0 Å². The zero-order chi connectivity index (χ0) is 7.19. The lowest BCUT2D eigenvalue weighted by atomic mass is 9.63. The van der Waals surface area contributed by atoms with Crippen molar-refractivity contribution in [2.45, 2.75) is 24.8 Å². The zero-order valence-electron chi connectivity index (χ0n) is 6.71. The number of nitrogens with one attached hydrogen (secondary N) is 1. The number of primary amides is 1. The molecule has 0 atom stereocenters. The third-order valence-corrected chi connectivity index (χ3v) is 2.78. The molecule has 5 heteroatoms. The SMILES string of the molecule is Cl.Cl.NC(=O)C1CC2(CCN2)C1. The summed E-state index contributed by atoms with van der Waals surface area (Å²) in [5, 5.41) is 3.34. The van der Waals surface area contributed by atoms with E-state index in [2.05, 4.69) is 5.32 Å². The van der Waals surface area contributed by atoms with Crippen LogP contribution >= 0.6 is 24.8 Å². The van der Waals surface area contributed by atoms with Crippen LogP contribution in [0.3, 0.4) is 0 Å². The maximum atomic E-state index is 10.6. The maximum absolute atomic E-state index is 10.6. The molecule has 2 rings (SSSR count). The second kappa shape index (κ2) is 3.81. The highest BCUT2D eigenvalue weighted by Crippen LogP contribution is 2.43. The normalized spacial score (nSPS) is 36.8. The molecule has 1 heterocycles. The van der Waals surface area contributed by atoms with Gasteiger partial charge in [-0.25, -0.2) is 0 Å². The van der Waals surface area contributed by atoms with E-state index in [1.807, 2.05) is 0 Å². The predicted molar refractivity (Wildman–Crippen MR) is 51.8 cm³/mol. The second-order valence-electron chi connectivity index (χ2n) is 3.46. The third-order valence-electron chi connectivity index (χ3n) is 2.78. The van der Waals surface area contributed by atoms with E-state index in [4.69, 9.17) is 5.73 Å². The molecule has 0 aromatic heterocycles. The summed E-state index contributed by atoms with van der Waals surface area (Å²) < 4.78 is 0. The molecule has 72 valence electrons. The van der Waals surface area contributed by atoms with Gasteiger partial charge in [0.2, 0.25) is 5.91 Å². The molecule has 1 aliphatic heterocycles. The Balaban J connectivity index is 0.000000605. The molecule has 0 unspecified atom stereocenters. The lowest BCUT2D eigenvalue weighted by Gasteiger charge is -2.53. The molecule has 12 heavy (non-hydrogen) atoms. The van der Waals surface area contributed by atoms with E-state index in [1.54, 1.807) is 0 Å². The monoisotopic (exact) mass is 212 g/mol. The van der Waals surface area contributed by atoms with Gasteiger partial charge in [-0.2, -0.15) is 0 Å². The van der Waals surface area contributed by atoms with Crippen molar-refractivity contribution < 1.29 is 4.79 Å². The molecule has 1 amide bonds. The molecule has 3 nitrogen and oxygen atoms in total. The van der Waals surface area contributed by atoms with Crippen LogP contribution in [0.5, 0.6) is 0 Å². The maximum Gasteiger partial charge on any atom is 0.220 e. The fourth-order valence-electron chi connectivity index (χ4n) is 1.91. The fraction of sp³-hybridized carbons (Fsp3) is 0.857. The van der Waals surface area contributed by atoms with Crippen molar-refractivity contribution >= 4 is 30.7 Å². The Bertz CT molecular complexity index is 174. The third kappa shape index (κ3) is 1.68. The Kier molecular flexibility index (Phi) is 3.82. The molecule has 0 aromatic rings. The molecule has 2 aliphatic rings. The molecule has 0 aromatic carbocycles. The smallest absolute Gasteiger partial charge is 0.220 e. The number of hydrogen-bond donors (Lipinski definition) is 2. The number of rotatable bonds is 1. The summed E-state index contributed by atoms with van der Waals surface area (Å²) in [5.41, 5.74) is 5.48. The molecule has 1 spiro atoms. The van der Waals surface area contributed by atoms with Crippen LogP contribution in [-0.4, -0.2) is 18.0 Å². The van der Waals surface area contributed by atoms with Crippen LogP contribution in [0.4, 0.5) is 0 Å². The Morgan fingerprint density at radius 3 is 2.17 bits per heavy atom. The minimum absolute atomic E-state index is 0. The highest BCUT2D eigenvalue weighted by atomic mass is 35.5. The van der Waals surface area contributed by atoms with Gasteiger partial charge in [0.25, 0.3) is 0 Å². The summed E-state index contributed by atoms with van der Waals surface area (Å²) in [5.74, 6) is 0.0344. The van der Waals surface area contributed by atoms with Crippen LogP contribution < -0.4 is 11.1 Å². The summed E-state index contributed by atoms with van der Waals surface area (Å²) in [4.78, 5) is 10.6. The first-order valence-electron chi connectivity index (χ1n) is 3.76. The molecular formula is C7H14Cl2N2O. The van der Waals surface area contributed by atoms with Crippen LogP contribution in [0, 0.1) is 5.92 Å². The Morgan fingerprint density at radius 1 is 1.42 bits per heavy atom. The van der Waals surface area contributed by atoms with Crippen molar-refractivity contribution in [1.82, 2.24) is 5.32 Å². The summed E-state index contributed by atoms with van der Waals surface area (Å²) in [7, 11) is 0. The van der Waals surface area contributed by atoms with Crippen LogP contribution in [0.15, 0.2) is 0 Å². The van der Waals surface area contributed by atoms with E-state index in [0.29, 0.717) is 5.54 Å². The van der Waals surface area contributed by atoms with Gasteiger partial charge in [0.05, 0.1) is 0 Å². The molecule has 1 saturated heterocycles. The Labute approximate surface area is 84.3 Å². The molecule has 2 fully saturated rings. The lowest BCUT2D eigenvalue weighted by Crippen LogP contribution is -2.66.